The first kappa shape index (κ1) is 18.3. The number of carbonyl (C=O) groups is 1. The molecule has 1 N–H and O–H groups in total. The van der Waals surface area contributed by atoms with Gasteiger partial charge in [-0.3, -0.25) is 10.1 Å². The van der Waals surface area contributed by atoms with E-state index in [-0.39, 0.29) is 11.7 Å². The maximum absolute atomic E-state index is 13.6. The number of rotatable bonds is 7. The highest BCUT2D eigenvalue weighted by Gasteiger charge is 2.15. The lowest BCUT2D eigenvalue weighted by Crippen LogP contribution is -2.13. The van der Waals surface area contributed by atoms with E-state index in [0.29, 0.717) is 38.7 Å². The van der Waals surface area contributed by atoms with Gasteiger partial charge in [-0.05, 0) is 30.7 Å². The minimum Gasteiger partial charge on any atom is -0.493 e. The molecule has 2 aromatic carbocycles. The molecule has 0 bridgehead atoms. The molecule has 0 radical (unpaired) electrons. The zero-order valence-electron chi connectivity index (χ0n) is 13.9. The van der Waals surface area contributed by atoms with E-state index in [1.807, 2.05) is 13.0 Å². The molecule has 0 fully saturated rings. The third kappa shape index (κ3) is 4.59. The van der Waals surface area contributed by atoms with Gasteiger partial charge in [0.1, 0.15) is 11.6 Å². The second-order valence-electron chi connectivity index (χ2n) is 5.14. The molecule has 3 aromatic rings. The molecule has 0 saturated heterocycles. The van der Waals surface area contributed by atoms with Gasteiger partial charge in [-0.1, -0.05) is 53.4 Å². The number of para-hydroxylation sites is 1. The molecule has 0 aliphatic rings. The van der Waals surface area contributed by atoms with Gasteiger partial charge in [-0.15, -0.1) is 10.2 Å². The lowest BCUT2D eigenvalue weighted by atomic mass is 10.2. The molecular weight excluding hydrogens is 373 g/mol. The van der Waals surface area contributed by atoms with E-state index in [1.54, 1.807) is 36.4 Å². The number of hydrogen-bond acceptors (Lipinski definition) is 6. The Kier molecular flexibility index (Phi) is 6.19. The van der Waals surface area contributed by atoms with E-state index < -0.39 is 0 Å². The zero-order valence-corrected chi connectivity index (χ0v) is 15.6. The van der Waals surface area contributed by atoms with Crippen molar-refractivity contribution in [3.05, 3.63) is 65.5 Å². The molecule has 1 heterocycles. The molecule has 0 atom stereocenters. The van der Waals surface area contributed by atoms with Crippen molar-refractivity contribution in [1.82, 2.24) is 10.2 Å². The number of hydrogen-bond donors (Lipinski definition) is 1. The number of nitrogens with one attached hydrogen (secondary N) is 1. The number of ether oxygens (including phenoxy) is 1. The van der Waals surface area contributed by atoms with Gasteiger partial charge >= 0.3 is 0 Å². The highest BCUT2D eigenvalue weighted by atomic mass is 32.2. The molecule has 0 aliphatic heterocycles. The smallest absolute Gasteiger partial charge is 0.261 e. The Labute approximate surface area is 158 Å². The van der Waals surface area contributed by atoms with Crippen LogP contribution in [-0.4, -0.2) is 22.7 Å². The molecule has 1 amide bonds. The van der Waals surface area contributed by atoms with Crippen LogP contribution in [0.3, 0.4) is 0 Å². The van der Waals surface area contributed by atoms with Crippen LogP contribution in [0.5, 0.6) is 5.75 Å². The molecule has 26 heavy (non-hydrogen) atoms. The van der Waals surface area contributed by atoms with Gasteiger partial charge in [0.05, 0.1) is 12.2 Å². The first-order valence-corrected chi connectivity index (χ1v) is 9.70. The maximum Gasteiger partial charge on any atom is 0.261 e. The average molecular weight is 389 g/mol. The zero-order chi connectivity index (χ0) is 18.4. The highest BCUT2D eigenvalue weighted by molar-refractivity contribution is 8.00. The van der Waals surface area contributed by atoms with E-state index in [0.717, 1.165) is 0 Å². The summed E-state index contributed by atoms with van der Waals surface area (Å²) in [6.45, 7) is 2.33. The Morgan fingerprint density at radius 2 is 1.96 bits per heavy atom. The van der Waals surface area contributed by atoms with Crippen molar-refractivity contribution in [1.29, 1.82) is 0 Å². The van der Waals surface area contributed by atoms with E-state index in [4.69, 9.17) is 4.74 Å². The van der Waals surface area contributed by atoms with Gasteiger partial charge < -0.3 is 4.74 Å². The lowest BCUT2D eigenvalue weighted by Gasteiger charge is -2.08. The van der Waals surface area contributed by atoms with Gasteiger partial charge in [0.25, 0.3) is 5.91 Å². The van der Waals surface area contributed by atoms with Crippen LogP contribution < -0.4 is 10.1 Å². The number of amides is 1. The fourth-order valence-electron chi connectivity index (χ4n) is 2.17. The van der Waals surface area contributed by atoms with Crippen molar-refractivity contribution in [3.8, 4) is 5.75 Å². The summed E-state index contributed by atoms with van der Waals surface area (Å²) in [7, 11) is 0. The predicted molar refractivity (Wildman–Crippen MR) is 101 cm³/mol. The summed E-state index contributed by atoms with van der Waals surface area (Å²) in [6, 6.07) is 13.6. The van der Waals surface area contributed by atoms with E-state index >= 15 is 0 Å². The Balaban J connectivity index is 1.63. The van der Waals surface area contributed by atoms with Crippen LogP contribution in [0.1, 0.15) is 22.8 Å². The molecule has 134 valence electrons. The Morgan fingerprint density at radius 3 is 2.77 bits per heavy atom. The van der Waals surface area contributed by atoms with Crippen molar-refractivity contribution in [2.45, 2.75) is 17.0 Å². The second-order valence-corrected chi connectivity index (χ2v) is 7.34. The van der Waals surface area contributed by atoms with Crippen LogP contribution in [0.15, 0.2) is 52.9 Å². The SMILES string of the molecule is CCOc1ccccc1C(=O)Nc1nnc(SCc2ccccc2F)s1. The quantitative estimate of drug-likeness (QED) is 0.472. The van der Waals surface area contributed by atoms with Crippen LogP contribution in [0.4, 0.5) is 9.52 Å². The predicted octanol–water partition coefficient (Wildman–Crippen LogP) is 4.62. The fraction of sp³-hybridized carbons (Fsp3) is 0.167. The average Bonchev–Trinajstić information content (AvgIpc) is 3.09. The number of nitrogens with zero attached hydrogens (tertiary/aromatic N) is 2. The normalized spacial score (nSPS) is 10.5. The van der Waals surface area contributed by atoms with E-state index in [2.05, 4.69) is 15.5 Å². The number of aromatic nitrogens is 2. The van der Waals surface area contributed by atoms with Crippen LogP contribution in [0, 0.1) is 5.82 Å². The molecule has 0 spiro atoms. The van der Waals surface area contributed by atoms with Gasteiger partial charge in [0.15, 0.2) is 4.34 Å². The first-order chi connectivity index (χ1) is 12.7. The summed E-state index contributed by atoms with van der Waals surface area (Å²) >= 11 is 2.62. The maximum atomic E-state index is 13.6. The molecule has 3 rings (SSSR count). The van der Waals surface area contributed by atoms with Gasteiger partial charge in [-0.25, -0.2) is 4.39 Å². The fourth-order valence-corrected chi connectivity index (χ4v) is 3.91. The lowest BCUT2D eigenvalue weighted by molar-refractivity contribution is 0.102. The standard InChI is InChI=1S/C18H16FN3O2S2/c1-2-24-15-10-6-4-8-13(15)16(23)20-17-21-22-18(26-17)25-11-12-7-3-5-9-14(12)19/h3-10H,2,11H2,1H3,(H,20,21,23). The Morgan fingerprint density at radius 1 is 1.19 bits per heavy atom. The number of anilines is 1. The number of carbonyl (C=O) groups excluding carboxylic acids is 1. The first-order valence-electron chi connectivity index (χ1n) is 7.90. The molecule has 5 nitrogen and oxygen atoms in total. The van der Waals surface area contributed by atoms with E-state index in [9.17, 15) is 9.18 Å². The largest absolute Gasteiger partial charge is 0.493 e. The van der Waals surface area contributed by atoms with Crippen molar-refractivity contribution in [2.75, 3.05) is 11.9 Å². The van der Waals surface area contributed by atoms with Crippen molar-refractivity contribution >= 4 is 34.1 Å². The summed E-state index contributed by atoms with van der Waals surface area (Å²) in [4.78, 5) is 12.4. The monoisotopic (exact) mass is 389 g/mol. The highest BCUT2D eigenvalue weighted by Crippen LogP contribution is 2.29. The second kappa shape index (κ2) is 8.77. The van der Waals surface area contributed by atoms with E-state index in [1.165, 1.54) is 29.2 Å². The minimum atomic E-state index is -0.309. The van der Waals surface area contributed by atoms with Gasteiger partial charge in [-0.2, -0.15) is 0 Å². The number of halogens is 1. The van der Waals surface area contributed by atoms with Crippen LogP contribution >= 0.6 is 23.1 Å². The molecule has 0 aliphatic carbocycles. The number of thioether (sulfide) groups is 1. The summed E-state index contributed by atoms with van der Waals surface area (Å²) in [5.41, 5.74) is 1.04. The third-order valence-corrected chi connectivity index (χ3v) is 5.39. The minimum absolute atomic E-state index is 0.245. The summed E-state index contributed by atoms with van der Waals surface area (Å²) < 4.78 is 19.8. The summed E-state index contributed by atoms with van der Waals surface area (Å²) in [5.74, 6) is 0.412. The van der Waals surface area contributed by atoms with Crippen LogP contribution in [0.2, 0.25) is 0 Å². The van der Waals surface area contributed by atoms with Crippen molar-refractivity contribution in [3.63, 3.8) is 0 Å². The Bertz CT molecular complexity index is 901. The molecule has 8 heteroatoms. The molecule has 0 saturated carbocycles. The summed E-state index contributed by atoms with van der Waals surface area (Å²) in [6.07, 6.45) is 0. The van der Waals surface area contributed by atoms with Crippen molar-refractivity contribution in [2.24, 2.45) is 0 Å². The number of benzene rings is 2. The molecule has 0 unspecified atom stereocenters. The van der Waals surface area contributed by atoms with Gasteiger partial charge in [0, 0.05) is 5.75 Å². The van der Waals surface area contributed by atoms with Crippen LogP contribution in [-0.2, 0) is 5.75 Å². The Hall–Kier alpha value is -2.45. The summed E-state index contributed by atoms with van der Waals surface area (Å²) in [5, 5.41) is 11.1. The molecular formula is C18H16FN3O2S2. The molecule has 1 aromatic heterocycles. The third-order valence-electron chi connectivity index (χ3n) is 3.37. The van der Waals surface area contributed by atoms with Crippen LogP contribution in [0.25, 0.3) is 0 Å². The van der Waals surface area contributed by atoms with Crippen molar-refractivity contribution < 1.29 is 13.9 Å². The van der Waals surface area contributed by atoms with Gasteiger partial charge in [0.2, 0.25) is 5.13 Å². The topological polar surface area (TPSA) is 64.1 Å².